The van der Waals surface area contributed by atoms with E-state index in [-0.39, 0.29) is 19.8 Å². The number of alkyl carbamates (subject to hydrolysis) is 1. The minimum Gasteiger partial charge on any atom is -0.463 e. The molecule has 13 nitrogen and oxygen atoms in total. The van der Waals surface area contributed by atoms with Crippen LogP contribution in [0.15, 0.2) is 91.0 Å². The number of benzene rings is 3. The van der Waals surface area contributed by atoms with E-state index in [0.717, 1.165) is 30.5 Å². The van der Waals surface area contributed by atoms with Crippen LogP contribution in [0.3, 0.4) is 0 Å². The molecule has 14 heteroatoms. The Morgan fingerprint density at radius 1 is 0.646 bits per heavy atom. The molecule has 0 unspecified atom stereocenters. The van der Waals surface area contributed by atoms with Crippen molar-refractivity contribution in [3.05, 3.63) is 108 Å². The lowest BCUT2D eigenvalue weighted by atomic mass is 9.96. The van der Waals surface area contributed by atoms with Gasteiger partial charge in [0.2, 0.25) is 0 Å². The molecular formula is C34H38NO12P. The quantitative estimate of drug-likeness (QED) is 0.129. The molecule has 0 aliphatic carbocycles. The third-order valence-electron chi connectivity index (χ3n) is 6.75. The Labute approximate surface area is 279 Å². The maximum absolute atomic E-state index is 13.2. The van der Waals surface area contributed by atoms with Crippen LogP contribution >= 0.6 is 8.60 Å². The van der Waals surface area contributed by atoms with E-state index in [1.54, 1.807) is 24.3 Å². The third-order valence-corrected chi connectivity index (χ3v) is 7.81. The van der Waals surface area contributed by atoms with Gasteiger partial charge in [-0.05, 0) is 16.7 Å². The highest BCUT2D eigenvalue weighted by Gasteiger charge is 2.52. The van der Waals surface area contributed by atoms with Gasteiger partial charge in [-0.3, -0.25) is 18.9 Å². The zero-order valence-electron chi connectivity index (χ0n) is 26.7. The summed E-state index contributed by atoms with van der Waals surface area (Å²) in [4.78, 5) is 49.5. The number of amides is 1. The molecule has 5 atom stereocenters. The lowest BCUT2D eigenvalue weighted by Gasteiger charge is -2.45. The highest BCUT2D eigenvalue weighted by Crippen LogP contribution is 2.45. The summed E-state index contributed by atoms with van der Waals surface area (Å²) in [6.45, 7) is 3.24. The molecule has 1 aliphatic rings. The largest absolute Gasteiger partial charge is 0.463 e. The molecule has 0 bridgehead atoms. The van der Waals surface area contributed by atoms with Crippen molar-refractivity contribution in [2.45, 2.75) is 71.2 Å². The van der Waals surface area contributed by atoms with Gasteiger partial charge in [0.1, 0.15) is 25.4 Å². The molecular weight excluding hydrogens is 645 g/mol. The first-order valence-corrected chi connectivity index (χ1v) is 16.2. The fourth-order valence-corrected chi connectivity index (χ4v) is 5.69. The van der Waals surface area contributed by atoms with Crippen LogP contribution < -0.4 is 5.32 Å². The molecule has 3 aromatic carbocycles. The van der Waals surface area contributed by atoms with Crippen LogP contribution in [0, 0.1) is 0 Å². The van der Waals surface area contributed by atoms with Crippen LogP contribution in [0.5, 0.6) is 0 Å². The number of carbonyl (C=O) groups is 4. The first-order chi connectivity index (χ1) is 23.2. The number of esters is 3. The van der Waals surface area contributed by atoms with Crippen molar-refractivity contribution in [3.63, 3.8) is 0 Å². The van der Waals surface area contributed by atoms with E-state index in [2.05, 4.69) is 5.32 Å². The molecule has 4 rings (SSSR count). The van der Waals surface area contributed by atoms with Gasteiger partial charge in [0.15, 0.2) is 18.5 Å². The molecule has 3 aromatic rings. The highest BCUT2D eigenvalue weighted by atomic mass is 31.2. The third kappa shape index (κ3) is 12.0. The van der Waals surface area contributed by atoms with Gasteiger partial charge in [0, 0.05) is 20.8 Å². The normalized spacial score (nSPS) is 20.4. The molecule has 0 radical (unpaired) electrons. The van der Waals surface area contributed by atoms with Crippen molar-refractivity contribution in [1.82, 2.24) is 5.32 Å². The van der Waals surface area contributed by atoms with E-state index in [1.807, 2.05) is 66.7 Å². The second-order valence-electron chi connectivity index (χ2n) is 10.6. The van der Waals surface area contributed by atoms with Crippen LogP contribution in [-0.4, -0.2) is 61.3 Å². The summed E-state index contributed by atoms with van der Waals surface area (Å²) >= 11 is 0. The molecule has 1 heterocycles. The van der Waals surface area contributed by atoms with E-state index >= 15 is 0 Å². The number of carbonyl (C=O) groups excluding carboxylic acids is 4. The van der Waals surface area contributed by atoms with Crippen molar-refractivity contribution in [3.8, 4) is 0 Å². The van der Waals surface area contributed by atoms with E-state index in [1.165, 1.54) is 6.92 Å². The van der Waals surface area contributed by atoms with Crippen molar-refractivity contribution in [1.29, 1.82) is 0 Å². The summed E-state index contributed by atoms with van der Waals surface area (Å²) in [5, 5.41) is 2.65. The van der Waals surface area contributed by atoms with Gasteiger partial charge in [-0.25, -0.2) is 4.79 Å². The van der Waals surface area contributed by atoms with Gasteiger partial charge in [0.05, 0.1) is 13.2 Å². The minimum absolute atomic E-state index is 0.0699. The summed E-state index contributed by atoms with van der Waals surface area (Å²) in [6, 6.07) is 26.3. The maximum atomic E-state index is 13.2. The molecule has 1 N–H and O–H groups in total. The van der Waals surface area contributed by atoms with E-state index in [4.69, 9.17) is 37.3 Å². The van der Waals surface area contributed by atoms with E-state index < -0.39 is 69.9 Å². The lowest BCUT2D eigenvalue weighted by molar-refractivity contribution is -0.258. The topological polar surface area (TPSA) is 154 Å². The molecule has 0 saturated carbocycles. The molecule has 1 fully saturated rings. The fourth-order valence-electron chi connectivity index (χ4n) is 4.63. The molecule has 0 spiro atoms. The molecule has 48 heavy (non-hydrogen) atoms. The van der Waals surface area contributed by atoms with Gasteiger partial charge in [-0.2, -0.15) is 0 Å². The molecule has 256 valence electrons. The molecule has 1 saturated heterocycles. The summed E-state index contributed by atoms with van der Waals surface area (Å²) in [6.07, 6.45) is -6.24. The van der Waals surface area contributed by atoms with Crippen molar-refractivity contribution >= 4 is 32.6 Å². The summed E-state index contributed by atoms with van der Waals surface area (Å²) in [7, 11) is -2.21. The first-order valence-electron chi connectivity index (χ1n) is 15.1. The predicted molar refractivity (Wildman–Crippen MR) is 170 cm³/mol. The Bertz CT molecular complexity index is 1420. The van der Waals surface area contributed by atoms with E-state index in [0.29, 0.717) is 0 Å². The SMILES string of the molecule is CC(=O)OC[C@H]1O[C@@H](OP(OCc2ccccc2)OCc2ccccc2)[C@H](NC(=O)OCc2ccccc2)[C@@H](OC(C)=O)[C@@H]1OC(C)=O. The van der Waals surface area contributed by atoms with Gasteiger partial charge < -0.3 is 38.0 Å². The molecule has 1 aliphatic heterocycles. The fraction of sp³-hybridized carbons (Fsp3) is 0.353. The van der Waals surface area contributed by atoms with E-state index in [9.17, 15) is 19.2 Å². The van der Waals surface area contributed by atoms with Gasteiger partial charge >= 0.3 is 32.6 Å². The Morgan fingerprint density at radius 2 is 1.12 bits per heavy atom. The zero-order valence-corrected chi connectivity index (χ0v) is 27.6. The molecule has 0 aromatic heterocycles. The number of hydrogen-bond acceptors (Lipinski definition) is 12. The maximum Gasteiger partial charge on any atom is 0.407 e. The van der Waals surface area contributed by atoms with Crippen molar-refractivity contribution < 1.29 is 56.4 Å². The summed E-state index contributed by atoms with van der Waals surface area (Å²) < 4.78 is 46.4. The average Bonchev–Trinajstić information content (AvgIpc) is 3.07. The Kier molecular flexibility index (Phi) is 14.3. The van der Waals surface area contributed by atoms with Gasteiger partial charge in [-0.15, -0.1) is 0 Å². The summed E-state index contributed by atoms with van der Waals surface area (Å²) in [5.74, 6) is -2.12. The smallest absolute Gasteiger partial charge is 0.407 e. The van der Waals surface area contributed by atoms with Crippen LogP contribution in [0.2, 0.25) is 0 Å². The van der Waals surface area contributed by atoms with Crippen LogP contribution in [0.4, 0.5) is 4.79 Å². The zero-order chi connectivity index (χ0) is 34.3. The molecule has 1 amide bonds. The van der Waals surface area contributed by atoms with Crippen LogP contribution in [-0.2, 0) is 71.5 Å². The Morgan fingerprint density at radius 3 is 1.60 bits per heavy atom. The number of rotatable bonds is 15. The van der Waals surface area contributed by atoms with Gasteiger partial charge in [0.25, 0.3) is 0 Å². The van der Waals surface area contributed by atoms with Crippen LogP contribution in [0.25, 0.3) is 0 Å². The standard InChI is InChI=1S/C34H38NO12P/c1-23(36)40-22-29-31(44-24(2)37)32(45-25(3)38)30(35-34(39)41-19-26-13-7-4-8-14-26)33(46-29)47-48(42-20-27-15-9-5-10-16-27)43-21-28-17-11-6-12-18-28/h4-18,29-33H,19-22H2,1-3H3,(H,35,39)/t29-,30-,31-,32-,33+/m1/s1. The Hall–Kier alpha value is -4.39. The second-order valence-corrected chi connectivity index (χ2v) is 11.7. The average molecular weight is 684 g/mol. The van der Waals surface area contributed by atoms with Crippen molar-refractivity contribution in [2.75, 3.05) is 6.61 Å². The Balaban J connectivity index is 1.64. The summed E-state index contributed by atoms with van der Waals surface area (Å²) in [5.41, 5.74) is 2.39. The lowest BCUT2D eigenvalue weighted by Crippen LogP contribution is -2.66. The second kappa shape index (κ2) is 18.8. The minimum atomic E-state index is -2.21. The first kappa shape index (κ1) is 36.4. The van der Waals surface area contributed by atoms with Crippen LogP contribution in [0.1, 0.15) is 37.5 Å². The number of hydrogen-bond donors (Lipinski definition) is 1. The van der Waals surface area contributed by atoms with Crippen molar-refractivity contribution in [2.24, 2.45) is 0 Å². The number of ether oxygens (including phenoxy) is 5. The monoisotopic (exact) mass is 683 g/mol. The highest BCUT2D eigenvalue weighted by molar-refractivity contribution is 7.41. The number of nitrogens with one attached hydrogen (secondary N) is 1. The predicted octanol–water partition coefficient (Wildman–Crippen LogP) is 5.11. The van der Waals surface area contributed by atoms with Gasteiger partial charge in [-0.1, -0.05) is 91.0 Å².